The summed E-state index contributed by atoms with van der Waals surface area (Å²) in [5.41, 5.74) is 2.48. The minimum Gasteiger partial charge on any atom is -0.490 e. The molecule has 21 heavy (non-hydrogen) atoms. The smallest absolute Gasteiger partial charge is 0.193 e. The Morgan fingerprint density at radius 1 is 0.952 bits per heavy atom. The Hall–Kier alpha value is -2.29. The molecule has 3 heteroatoms. The van der Waals surface area contributed by atoms with Crippen molar-refractivity contribution >= 4 is 11.5 Å². The summed E-state index contributed by atoms with van der Waals surface area (Å²) in [4.78, 5) is 14.4. The van der Waals surface area contributed by atoms with Crippen LogP contribution in [0.5, 0.6) is 5.75 Å². The third kappa shape index (κ3) is 3.24. The Morgan fingerprint density at radius 2 is 1.48 bits per heavy atom. The number of ether oxygens (including phenoxy) is 1. The van der Waals surface area contributed by atoms with Crippen LogP contribution in [0, 0.1) is 0 Å². The standard InChI is InChI=1S/C18H19NO2/c1-19(2)15-7-3-13(4-8-15)18(20)14-5-9-16(10-6-14)21-17-11-12-17/h3-10,17H,11-12H2,1-2H3. The molecule has 1 saturated carbocycles. The molecule has 1 fully saturated rings. The first-order valence-corrected chi connectivity index (χ1v) is 7.22. The van der Waals surface area contributed by atoms with Crippen molar-refractivity contribution in [3.8, 4) is 5.75 Å². The summed E-state index contributed by atoms with van der Waals surface area (Å²) in [6.07, 6.45) is 2.66. The Kier molecular flexibility index (Phi) is 3.65. The molecule has 0 amide bonds. The highest BCUT2D eigenvalue weighted by Crippen LogP contribution is 2.27. The summed E-state index contributed by atoms with van der Waals surface area (Å²) in [5.74, 6) is 0.885. The zero-order valence-electron chi connectivity index (χ0n) is 12.4. The van der Waals surface area contributed by atoms with Gasteiger partial charge in [-0.05, 0) is 61.4 Å². The van der Waals surface area contributed by atoms with Gasteiger partial charge >= 0.3 is 0 Å². The molecule has 3 rings (SSSR count). The topological polar surface area (TPSA) is 29.5 Å². The summed E-state index contributed by atoms with van der Waals surface area (Å²) in [6, 6.07) is 15.1. The normalized spacial score (nSPS) is 13.8. The lowest BCUT2D eigenvalue weighted by Crippen LogP contribution is -2.09. The van der Waals surface area contributed by atoms with Crippen LogP contribution in [0.25, 0.3) is 0 Å². The maximum Gasteiger partial charge on any atom is 0.193 e. The molecule has 2 aromatic carbocycles. The van der Waals surface area contributed by atoms with E-state index in [0.717, 1.165) is 24.3 Å². The highest BCUT2D eigenvalue weighted by Gasteiger charge is 2.23. The van der Waals surface area contributed by atoms with E-state index in [1.807, 2.05) is 67.5 Å². The number of ketones is 1. The minimum absolute atomic E-state index is 0.0401. The van der Waals surface area contributed by atoms with Crippen LogP contribution in [0.2, 0.25) is 0 Å². The van der Waals surface area contributed by atoms with Crippen LogP contribution >= 0.6 is 0 Å². The molecular formula is C18H19NO2. The largest absolute Gasteiger partial charge is 0.490 e. The van der Waals surface area contributed by atoms with Gasteiger partial charge in [-0.3, -0.25) is 4.79 Å². The first kappa shape index (κ1) is 13.7. The van der Waals surface area contributed by atoms with Gasteiger partial charge in [0.1, 0.15) is 5.75 Å². The van der Waals surface area contributed by atoms with Crippen molar-refractivity contribution in [2.24, 2.45) is 0 Å². The molecule has 0 bridgehead atoms. The fraction of sp³-hybridized carbons (Fsp3) is 0.278. The zero-order chi connectivity index (χ0) is 14.8. The fourth-order valence-corrected chi connectivity index (χ4v) is 2.14. The molecule has 0 atom stereocenters. The molecule has 0 aromatic heterocycles. The summed E-state index contributed by atoms with van der Waals surface area (Å²) >= 11 is 0. The molecule has 1 aliphatic carbocycles. The van der Waals surface area contributed by atoms with Crippen molar-refractivity contribution in [1.82, 2.24) is 0 Å². The molecule has 0 aliphatic heterocycles. The molecule has 1 aliphatic rings. The van der Waals surface area contributed by atoms with Crippen LogP contribution in [-0.2, 0) is 0 Å². The van der Waals surface area contributed by atoms with Gasteiger partial charge in [0.05, 0.1) is 6.10 Å². The second-order valence-corrected chi connectivity index (χ2v) is 5.61. The summed E-state index contributed by atoms with van der Waals surface area (Å²) in [6.45, 7) is 0. The average Bonchev–Trinajstić information content (AvgIpc) is 3.31. The van der Waals surface area contributed by atoms with Crippen LogP contribution in [0.1, 0.15) is 28.8 Å². The minimum atomic E-state index is 0.0401. The highest BCUT2D eigenvalue weighted by atomic mass is 16.5. The Bertz CT molecular complexity index is 625. The number of nitrogens with zero attached hydrogens (tertiary/aromatic N) is 1. The van der Waals surface area contributed by atoms with Crippen molar-refractivity contribution in [2.45, 2.75) is 18.9 Å². The number of benzene rings is 2. The molecule has 0 unspecified atom stereocenters. The third-order valence-corrected chi connectivity index (χ3v) is 3.59. The van der Waals surface area contributed by atoms with E-state index in [9.17, 15) is 4.79 Å². The van der Waals surface area contributed by atoms with Gasteiger partial charge in [-0.15, -0.1) is 0 Å². The van der Waals surface area contributed by atoms with Crippen LogP contribution in [-0.4, -0.2) is 26.0 Å². The second kappa shape index (κ2) is 5.60. The SMILES string of the molecule is CN(C)c1ccc(C(=O)c2ccc(OC3CC3)cc2)cc1. The summed E-state index contributed by atoms with van der Waals surface area (Å²) in [5, 5.41) is 0. The van der Waals surface area contributed by atoms with E-state index in [1.165, 1.54) is 0 Å². The van der Waals surface area contributed by atoms with Gasteiger partial charge in [0.2, 0.25) is 0 Å². The Balaban J connectivity index is 1.74. The summed E-state index contributed by atoms with van der Waals surface area (Å²) in [7, 11) is 3.96. The predicted octanol–water partition coefficient (Wildman–Crippen LogP) is 3.52. The number of rotatable bonds is 5. The average molecular weight is 281 g/mol. The zero-order valence-corrected chi connectivity index (χ0v) is 12.4. The van der Waals surface area contributed by atoms with Crippen molar-refractivity contribution in [3.63, 3.8) is 0 Å². The lowest BCUT2D eigenvalue weighted by Gasteiger charge is -2.12. The quantitative estimate of drug-likeness (QED) is 0.785. The number of carbonyl (C=O) groups is 1. The van der Waals surface area contributed by atoms with Crippen molar-refractivity contribution in [1.29, 1.82) is 0 Å². The Labute approximate surface area is 125 Å². The van der Waals surface area contributed by atoms with Gasteiger partial charge in [-0.2, -0.15) is 0 Å². The van der Waals surface area contributed by atoms with Crippen molar-refractivity contribution in [2.75, 3.05) is 19.0 Å². The van der Waals surface area contributed by atoms with Crippen molar-refractivity contribution < 1.29 is 9.53 Å². The van der Waals surface area contributed by atoms with E-state index in [4.69, 9.17) is 4.74 Å². The van der Waals surface area contributed by atoms with Gasteiger partial charge in [0.25, 0.3) is 0 Å². The maximum atomic E-state index is 12.4. The van der Waals surface area contributed by atoms with Crippen LogP contribution in [0.4, 0.5) is 5.69 Å². The van der Waals surface area contributed by atoms with E-state index in [0.29, 0.717) is 17.2 Å². The molecule has 0 radical (unpaired) electrons. The molecule has 108 valence electrons. The van der Waals surface area contributed by atoms with E-state index in [2.05, 4.69) is 0 Å². The number of carbonyl (C=O) groups excluding carboxylic acids is 1. The lowest BCUT2D eigenvalue weighted by molar-refractivity contribution is 0.103. The van der Waals surface area contributed by atoms with E-state index in [1.54, 1.807) is 0 Å². The van der Waals surface area contributed by atoms with Crippen LogP contribution < -0.4 is 9.64 Å². The molecule has 0 heterocycles. The molecule has 0 N–H and O–H groups in total. The lowest BCUT2D eigenvalue weighted by atomic mass is 10.0. The van der Waals surface area contributed by atoms with Gasteiger partial charge in [0, 0.05) is 30.9 Å². The van der Waals surface area contributed by atoms with Gasteiger partial charge in [0.15, 0.2) is 5.78 Å². The Morgan fingerprint density at radius 3 is 1.95 bits per heavy atom. The predicted molar refractivity (Wildman–Crippen MR) is 84.3 cm³/mol. The number of hydrogen-bond donors (Lipinski definition) is 0. The third-order valence-electron chi connectivity index (χ3n) is 3.59. The molecule has 3 nitrogen and oxygen atoms in total. The van der Waals surface area contributed by atoms with E-state index in [-0.39, 0.29) is 5.78 Å². The van der Waals surface area contributed by atoms with Gasteiger partial charge < -0.3 is 9.64 Å². The fourth-order valence-electron chi connectivity index (χ4n) is 2.14. The monoisotopic (exact) mass is 281 g/mol. The van der Waals surface area contributed by atoms with Gasteiger partial charge in [-0.1, -0.05) is 0 Å². The van der Waals surface area contributed by atoms with Crippen molar-refractivity contribution in [3.05, 3.63) is 59.7 Å². The van der Waals surface area contributed by atoms with E-state index >= 15 is 0 Å². The molecule has 0 spiro atoms. The van der Waals surface area contributed by atoms with Gasteiger partial charge in [-0.25, -0.2) is 0 Å². The molecule has 2 aromatic rings. The second-order valence-electron chi connectivity index (χ2n) is 5.61. The number of anilines is 1. The first-order chi connectivity index (χ1) is 10.1. The van der Waals surface area contributed by atoms with E-state index < -0.39 is 0 Å². The molecule has 0 saturated heterocycles. The first-order valence-electron chi connectivity index (χ1n) is 7.22. The molecular weight excluding hydrogens is 262 g/mol. The van der Waals surface area contributed by atoms with Crippen LogP contribution in [0.15, 0.2) is 48.5 Å². The van der Waals surface area contributed by atoms with Crippen LogP contribution in [0.3, 0.4) is 0 Å². The summed E-state index contributed by atoms with van der Waals surface area (Å²) < 4.78 is 5.69. The maximum absolute atomic E-state index is 12.4. The highest BCUT2D eigenvalue weighted by molar-refractivity contribution is 6.09. The number of hydrogen-bond acceptors (Lipinski definition) is 3.